The number of piperazine rings is 1. The van der Waals surface area contributed by atoms with Gasteiger partial charge in [0.25, 0.3) is 0 Å². The lowest BCUT2D eigenvalue weighted by molar-refractivity contribution is 0.0505. The lowest BCUT2D eigenvalue weighted by Gasteiger charge is -2.32. The second-order valence-corrected chi connectivity index (χ2v) is 4.34. The van der Waals surface area contributed by atoms with Crippen LogP contribution in [0.15, 0.2) is 30.3 Å². The van der Waals surface area contributed by atoms with Gasteiger partial charge in [0, 0.05) is 25.7 Å². The molecule has 1 aliphatic heterocycles. The highest BCUT2D eigenvalue weighted by Gasteiger charge is 2.18. The van der Waals surface area contributed by atoms with Gasteiger partial charge in [0.2, 0.25) is 0 Å². The fraction of sp³-hybridized carbons (Fsp3) is 0.571. The molecule has 1 heterocycles. The van der Waals surface area contributed by atoms with Crippen LogP contribution >= 0.6 is 0 Å². The third kappa shape index (κ3) is 4.46. The number of likely N-dealkylation sites (N-methyl/N-ethyl adjacent to an activating group) is 1. The van der Waals surface area contributed by atoms with Crippen molar-refractivity contribution in [3.8, 4) is 0 Å². The molecule has 0 amide bonds. The van der Waals surface area contributed by atoms with E-state index in [1.165, 1.54) is 5.56 Å². The van der Waals surface area contributed by atoms with E-state index in [0.29, 0.717) is 12.6 Å². The number of hydrogen-bond donors (Lipinski definition) is 1. The summed E-state index contributed by atoms with van der Waals surface area (Å²) in [4.78, 5) is 2.36. The average molecular weight is 236 g/mol. The fourth-order valence-electron chi connectivity index (χ4n) is 1.94. The third-order valence-corrected chi connectivity index (χ3v) is 3.07. The lowest BCUT2D eigenvalue weighted by atomic mass is 10.2. The van der Waals surface area contributed by atoms with Crippen LogP contribution in [0.3, 0.4) is 0 Å². The second kappa shape index (κ2) is 7.43. The standard InChI is InChI=1S/C13H20N2O.CH4/c1-15-8-7-14-9-13(15)11-16-10-12-5-3-2-4-6-12;/h2-6,13-14H,7-11H2,1H3;1H4/t13-;/m1./s1. The highest BCUT2D eigenvalue weighted by Crippen LogP contribution is 2.04. The second-order valence-electron chi connectivity index (χ2n) is 4.34. The number of hydrogen-bond acceptors (Lipinski definition) is 3. The van der Waals surface area contributed by atoms with Gasteiger partial charge in [-0.25, -0.2) is 0 Å². The zero-order valence-corrected chi connectivity index (χ0v) is 9.86. The van der Waals surface area contributed by atoms with Crippen molar-refractivity contribution in [2.75, 3.05) is 33.3 Å². The summed E-state index contributed by atoms with van der Waals surface area (Å²) in [5.74, 6) is 0. The molecule has 96 valence electrons. The molecule has 1 N–H and O–H groups in total. The molecule has 1 aromatic carbocycles. The van der Waals surface area contributed by atoms with Gasteiger partial charge in [-0.1, -0.05) is 37.8 Å². The van der Waals surface area contributed by atoms with Gasteiger partial charge in [0.05, 0.1) is 13.2 Å². The third-order valence-electron chi connectivity index (χ3n) is 3.07. The van der Waals surface area contributed by atoms with E-state index in [4.69, 9.17) is 4.74 Å². The Balaban J connectivity index is 0.00000144. The van der Waals surface area contributed by atoms with Crippen LogP contribution in [0.25, 0.3) is 0 Å². The van der Waals surface area contributed by atoms with E-state index >= 15 is 0 Å². The summed E-state index contributed by atoms with van der Waals surface area (Å²) >= 11 is 0. The monoisotopic (exact) mass is 236 g/mol. The first kappa shape index (κ1) is 14.2. The summed E-state index contributed by atoms with van der Waals surface area (Å²) in [6, 6.07) is 10.8. The van der Waals surface area contributed by atoms with E-state index in [1.54, 1.807) is 0 Å². The highest BCUT2D eigenvalue weighted by atomic mass is 16.5. The van der Waals surface area contributed by atoms with Crippen LogP contribution in [-0.2, 0) is 11.3 Å². The molecule has 1 atom stereocenters. The van der Waals surface area contributed by atoms with Gasteiger partial charge in [0.1, 0.15) is 0 Å². The van der Waals surface area contributed by atoms with Crippen molar-refractivity contribution in [1.29, 1.82) is 0 Å². The predicted molar refractivity (Wildman–Crippen MR) is 72.1 cm³/mol. The van der Waals surface area contributed by atoms with Crippen molar-refractivity contribution < 1.29 is 4.74 Å². The topological polar surface area (TPSA) is 24.5 Å². The molecule has 0 spiro atoms. The molecule has 17 heavy (non-hydrogen) atoms. The number of ether oxygens (including phenoxy) is 1. The summed E-state index contributed by atoms with van der Waals surface area (Å²) in [7, 11) is 2.16. The van der Waals surface area contributed by atoms with Crippen molar-refractivity contribution in [2.24, 2.45) is 0 Å². The number of benzene rings is 1. The Morgan fingerprint density at radius 1 is 1.35 bits per heavy atom. The molecule has 0 unspecified atom stereocenters. The van der Waals surface area contributed by atoms with Crippen LogP contribution in [0.5, 0.6) is 0 Å². The predicted octanol–water partition coefficient (Wildman–Crippen LogP) is 1.74. The zero-order chi connectivity index (χ0) is 11.2. The number of nitrogens with one attached hydrogen (secondary N) is 1. The SMILES string of the molecule is C.CN1CCNC[C@@H]1COCc1ccccc1. The van der Waals surface area contributed by atoms with E-state index < -0.39 is 0 Å². The Hall–Kier alpha value is -0.900. The summed E-state index contributed by atoms with van der Waals surface area (Å²) < 4.78 is 5.75. The maximum atomic E-state index is 5.75. The molecule has 1 aliphatic rings. The van der Waals surface area contributed by atoms with E-state index in [9.17, 15) is 0 Å². The van der Waals surface area contributed by atoms with E-state index in [0.717, 1.165) is 26.2 Å². The Labute approximate surface area is 105 Å². The van der Waals surface area contributed by atoms with Gasteiger partial charge >= 0.3 is 0 Å². The minimum atomic E-state index is 0. The quantitative estimate of drug-likeness (QED) is 0.862. The highest BCUT2D eigenvalue weighted by molar-refractivity contribution is 5.13. The smallest absolute Gasteiger partial charge is 0.0717 e. The lowest BCUT2D eigenvalue weighted by Crippen LogP contribution is -2.51. The van der Waals surface area contributed by atoms with Gasteiger partial charge in [0.15, 0.2) is 0 Å². The molecule has 1 saturated heterocycles. The summed E-state index contributed by atoms with van der Waals surface area (Å²) in [5.41, 5.74) is 1.24. The first-order chi connectivity index (χ1) is 7.86. The Morgan fingerprint density at radius 2 is 2.12 bits per heavy atom. The molecule has 0 aliphatic carbocycles. The first-order valence-corrected chi connectivity index (χ1v) is 5.89. The van der Waals surface area contributed by atoms with Crippen molar-refractivity contribution in [1.82, 2.24) is 10.2 Å². The van der Waals surface area contributed by atoms with Gasteiger partial charge in [-0.2, -0.15) is 0 Å². The molecular formula is C14H24N2O. The van der Waals surface area contributed by atoms with Gasteiger partial charge in [-0.3, -0.25) is 4.90 Å². The van der Waals surface area contributed by atoms with Crippen LogP contribution in [0.1, 0.15) is 13.0 Å². The van der Waals surface area contributed by atoms with Crippen LogP contribution in [0.2, 0.25) is 0 Å². The number of nitrogens with zero attached hydrogens (tertiary/aromatic N) is 1. The maximum absolute atomic E-state index is 5.75. The average Bonchev–Trinajstić information content (AvgIpc) is 2.33. The molecule has 0 saturated carbocycles. The fourth-order valence-corrected chi connectivity index (χ4v) is 1.94. The molecule has 0 bridgehead atoms. The molecular weight excluding hydrogens is 212 g/mol. The molecule has 0 radical (unpaired) electrons. The van der Waals surface area contributed by atoms with Gasteiger partial charge in [-0.05, 0) is 12.6 Å². The molecule has 1 aromatic rings. The molecule has 2 rings (SSSR count). The van der Waals surface area contributed by atoms with Crippen LogP contribution in [0.4, 0.5) is 0 Å². The maximum Gasteiger partial charge on any atom is 0.0717 e. The van der Waals surface area contributed by atoms with Crippen LogP contribution in [0, 0.1) is 0 Å². The summed E-state index contributed by atoms with van der Waals surface area (Å²) in [6.45, 7) is 4.75. The van der Waals surface area contributed by atoms with E-state index in [1.807, 2.05) is 18.2 Å². The van der Waals surface area contributed by atoms with E-state index in [2.05, 4.69) is 29.4 Å². The van der Waals surface area contributed by atoms with Crippen LogP contribution < -0.4 is 5.32 Å². The van der Waals surface area contributed by atoms with Crippen molar-refractivity contribution in [2.45, 2.75) is 20.1 Å². The largest absolute Gasteiger partial charge is 0.375 e. The Bertz CT molecular complexity index is 302. The summed E-state index contributed by atoms with van der Waals surface area (Å²) in [6.07, 6.45) is 0. The Morgan fingerprint density at radius 3 is 2.82 bits per heavy atom. The normalized spacial score (nSPS) is 20.9. The minimum absolute atomic E-state index is 0. The van der Waals surface area contributed by atoms with Crippen molar-refractivity contribution in [3.63, 3.8) is 0 Å². The molecule has 1 fully saturated rings. The van der Waals surface area contributed by atoms with Gasteiger partial charge < -0.3 is 10.1 Å². The zero-order valence-electron chi connectivity index (χ0n) is 9.86. The Kier molecular flexibility index (Phi) is 6.19. The minimum Gasteiger partial charge on any atom is -0.375 e. The van der Waals surface area contributed by atoms with E-state index in [-0.39, 0.29) is 7.43 Å². The van der Waals surface area contributed by atoms with Crippen molar-refractivity contribution in [3.05, 3.63) is 35.9 Å². The molecule has 0 aromatic heterocycles. The van der Waals surface area contributed by atoms with Gasteiger partial charge in [-0.15, -0.1) is 0 Å². The summed E-state index contributed by atoms with van der Waals surface area (Å²) in [5, 5.41) is 3.39. The van der Waals surface area contributed by atoms with Crippen molar-refractivity contribution >= 4 is 0 Å². The molecule has 3 heteroatoms. The first-order valence-electron chi connectivity index (χ1n) is 5.89. The number of rotatable bonds is 4. The molecule has 3 nitrogen and oxygen atoms in total. The van der Waals surface area contributed by atoms with Crippen LogP contribution in [-0.4, -0.2) is 44.2 Å².